The molecule has 6 nitrogen and oxygen atoms in total. The van der Waals surface area contributed by atoms with Gasteiger partial charge in [0, 0.05) is 6.54 Å². The Morgan fingerprint density at radius 3 is 2.57 bits per heavy atom. The van der Waals surface area contributed by atoms with Crippen molar-refractivity contribution in [2.75, 3.05) is 13.1 Å². The van der Waals surface area contributed by atoms with Crippen LogP contribution in [-0.4, -0.2) is 25.0 Å². The monoisotopic (exact) mass is 313 g/mol. The molecule has 0 spiro atoms. The van der Waals surface area contributed by atoms with Gasteiger partial charge in [0.05, 0.1) is 19.4 Å². The first kappa shape index (κ1) is 16.4. The average Bonchev–Trinajstić information content (AvgIpc) is 3.09. The third-order valence-corrected chi connectivity index (χ3v) is 2.94. The quantitative estimate of drug-likeness (QED) is 0.730. The van der Waals surface area contributed by atoms with E-state index in [4.69, 9.17) is 4.42 Å². The van der Waals surface area contributed by atoms with Crippen LogP contribution < -0.4 is 16.0 Å². The summed E-state index contributed by atoms with van der Waals surface area (Å²) < 4.78 is 5.09. The zero-order valence-electron chi connectivity index (χ0n) is 12.6. The second-order valence-electron chi connectivity index (χ2n) is 4.73. The topological polar surface area (TPSA) is 83.4 Å². The molecule has 2 aromatic rings. The molecule has 0 fully saturated rings. The lowest BCUT2D eigenvalue weighted by Crippen LogP contribution is -2.41. The fourth-order valence-electron chi connectivity index (χ4n) is 1.80. The van der Waals surface area contributed by atoms with Crippen LogP contribution in [0.4, 0.5) is 4.79 Å². The molecule has 2 rings (SSSR count). The van der Waals surface area contributed by atoms with Crippen LogP contribution in [0.25, 0.3) is 6.08 Å². The van der Waals surface area contributed by atoms with Crippen molar-refractivity contribution in [3.63, 3.8) is 0 Å². The van der Waals surface area contributed by atoms with Crippen molar-refractivity contribution < 1.29 is 14.0 Å². The summed E-state index contributed by atoms with van der Waals surface area (Å²) in [5.41, 5.74) is 1.06. The van der Waals surface area contributed by atoms with E-state index < -0.39 is 6.03 Å². The minimum atomic E-state index is -0.393. The Morgan fingerprint density at radius 1 is 1.00 bits per heavy atom. The van der Waals surface area contributed by atoms with Gasteiger partial charge < -0.3 is 20.4 Å². The molecule has 0 aliphatic heterocycles. The third-order valence-electron chi connectivity index (χ3n) is 2.94. The molecule has 1 aromatic carbocycles. The molecule has 0 atom stereocenters. The van der Waals surface area contributed by atoms with Gasteiger partial charge in [-0.3, -0.25) is 4.79 Å². The standard InChI is InChI=1S/C17H19N3O3/c21-16(19-12-15-9-5-11-23-15)13-20-17(22)18-10-4-8-14-6-2-1-3-7-14/h1-9,11H,10,12-13H2,(H,19,21)(H2,18,20,22). The summed E-state index contributed by atoms with van der Waals surface area (Å²) in [5.74, 6) is 0.380. The number of hydrogen-bond acceptors (Lipinski definition) is 3. The van der Waals surface area contributed by atoms with Gasteiger partial charge >= 0.3 is 6.03 Å². The van der Waals surface area contributed by atoms with Gasteiger partial charge in [-0.15, -0.1) is 0 Å². The molecule has 3 N–H and O–H groups in total. The maximum atomic E-state index is 11.5. The number of benzene rings is 1. The van der Waals surface area contributed by atoms with Crippen molar-refractivity contribution in [1.29, 1.82) is 0 Å². The molecule has 0 aliphatic carbocycles. The first-order valence-corrected chi connectivity index (χ1v) is 7.26. The van der Waals surface area contributed by atoms with E-state index in [0.717, 1.165) is 5.56 Å². The fourth-order valence-corrected chi connectivity index (χ4v) is 1.80. The number of nitrogens with one attached hydrogen (secondary N) is 3. The smallest absolute Gasteiger partial charge is 0.315 e. The molecule has 0 saturated carbocycles. The summed E-state index contributed by atoms with van der Waals surface area (Å²) in [6.07, 6.45) is 5.29. The molecule has 120 valence electrons. The van der Waals surface area contributed by atoms with Gasteiger partial charge in [-0.25, -0.2) is 4.79 Å². The summed E-state index contributed by atoms with van der Waals surface area (Å²) >= 11 is 0. The van der Waals surface area contributed by atoms with E-state index in [2.05, 4.69) is 16.0 Å². The highest BCUT2D eigenvalue weighted by molar-refractivity contribution is 5.83. The lowest BCUT2D eigenvalue weighted by Gasteiger charge is -2.06. The van der Waals surface area contributed by atoms with Gasteiger partial charge in [-0.05, 0) is 17.7 Å². The first-order chi connectivity index (χ1) is 11.2. The predicted octanol–water partition coefficient (Wildman–Crippen LogP) is 1.91. The second-order valence-corrected chi connectivity index (χ2v) is 4.73. The van der Waals surface area contributed by atoms with Crippen molar-refractivity contribution >= 4 is 18.0 Å². The second kappa shape index (κ2) is 9.09. The number of amides is 3. The van der Waals surface area contributed by atoms with Crippen LogP contribution in [0.2, 0.25) is 0 Å². The molecule has 0 saturated heterocycles. The van der Waals surface area contributed by atoms with Crippen molar-refractivity contribution in [2.45, 2.75) is 6.54 Å². The maximum absolute atomic E-state index is 11.5. The Kier molecular flexibility index (Phi) is 6.46. The highest BCUT2D eigenvalue weighted by Crippen LogP contribution is 2.00. The van der Waals surface area contributed by atoms with E-state index in [1.165, 1.54) is 6.26 Å². The number of carbonyl (C=O) groups is 2. The van der Waals surface area contributed by atoms with Gasteiger partial charge in [0.15, 0.2) is 0 Å². The largest absolute Gasteiger partial charge is 0.467 e. The first-order valence-electron chi connectivity index (χ1n) is 7.26. The Labute approximate surface area is 134 Å². The zero-order valence-corrected chi connectivity index (χ0v) is 12.6. The predicted molar refractivity (Wildman–Crippen MR) is 87.4 cm³/mol. The fraction of sp³-hybridized carbons (Fsp3) is 0.176. The molecule has 1 aromatic heterocycles. The van der Waals surface area contributed by atoms with E-state index in [1.54, 1.807) is 12.1 Å². The lowest BCUT2D eigenvalue weighted by molar-refractivity contribution is -0.120. The van der Waals surface area contributed by atoms with Crippen LogP contribution in [0.1, 0.15) is 11.3 Å². The molecule has 23 heavy (non-hydrogen) atoms. The van der Waals surface area contributed by atoms with Crippen LogP contribution in [0, 0.1) is 0 Å². The minimum absolute atomic E-state index is 0.0884. The number of urea groups is 1. The van der Waals surface area contributed by atoms with Crippen molar-refractivity contribution in [3.05, 3.63) is 66.1 Å². The maximum Gasteiger partial charge on any atom is 0.315 e. The summed E-state index contributed by atoms with van der Waals surface area (Å²) in [7, 11) is 0. The molecular weight excluding hydrogens is 294 g/mol. The van der Waals surface area contributed by atoms with Gasteiger partial charge in [0.25, 0.3) is 0 Å². The SMILES string of the molecule is O=C(CNC(=O)NCC=Cc1ccccc1)NCc1ccco1. The van der Waals surface area contributed by atoms with E-state index in [9.17, 15) is 9.59 Å². The Bertz CT molecular complexity index is 636. The zero-order chi connectivity index (χ0) is 16.3. The number of furan rings is 1. The average molecular weight is 313 g/mol. The number of carbonyl (C=O) groups excluding carboxylic acids is 2. The van der Waals surface area contributed by atoms with Crippen molar-refractivity contribution in [2.24, 2.45) is 0 Å². The Hall–Kier alpha value is -3.02. The van der Waals surface area contributed by atoms with Gasteiger partial charge in [-0.2, -0.15) is 0 Å². The van der Waals surface area contributed by atoms with Crippen molar-refractivity contribution in [3.8, 4) is 0 Å². The summed E-state index contributed by atoms with van der Waals surface area (Å²) in [4.78, 5) is 23.1. The summed E-state index contributed by atoms with van der Waals surface area (Å²) in [6, 6.07) is 12.9. The molecule has 0 bridgehead atoms. The highest BCUT2D eigenvalue weighted by atomic mass is 16.3. The molecule has 1 heterocycles. The van der Waals surface area contributed by atoms with E-state index in [0.29, 0.717) is 18.8 Å². The van der Waals surface area contributed by atoms with Crippen LogP contribution in [0.3, 0.4) is 0 Å². The molecule has 3 amide bonds. The molecule has 0 unspecified atom stereocenters. The lowest BCUT2D eigenvalue weighted by atomic mass is 10.2. The third kappa shape index (κ3) is 6.52. The summed E-state index contributed by atoms with van der Waals surface area (Å²) in [6.45, 7) is 0.596. The number of rotatable bonds is 7. The van der Waals surface area contributed by atoms with Crippen LogP contribution >= 0.6 is 0 Å². The van der Waals surface area contributed by atoms with E-state index >= 15 is 0 Å². The molecular formula is C17H19N3O3. The van der Waals surface area contributed by atoms with Crippen LogP contribution in [0.15, 0.2) is 59.2 Å². The summed E-state index contributed by atoms with van der Waals surface area (Å²) in [5, 5.41) is 7.77. The number of hydrogen-bond donors (Lipinski definition) is 3. The van der Waals surface area contributed by atoms with E-state index in [1.807, 2.05) is 42.5 Å². The molecule has 6 heteroatoms. The Balaban J connectivity index is 1.57. The Morgan fingerprint density at radius 2 is 1.83 bits per heavy atom. The van der Waals surface area contributed by atoms with Crippen molar-refractivity contribution in [1.82, 2.24) is 16.0 Å². The van der Waals surface area contributed by atoms with Crippen LogP contribution in [0.5, 0.6) is 0 Å². The molecule has 0 aliphatic rings. The highest BCUT2D eigenvalue weighted by Gasteiger charge is 2.04. The van der Waals surface area contributed by atoms with Crippen LogP contribution in [-0.2, 0) is 11.3 Å². The van der Waals surface area contributed by atoms with Gasteiger partial charge in [-0.1, -0.05) is 42.5 Å². The molecule has 0 radical (unpaired) electrons. The normalized spacial score (nSPS) is 10.4. The minimum Gasteiger partial charge on any atom is -0.467 e. The van der Waals surface area contributed by atoms with E-state index in [-0.39, 0.29) is 12.5 Å². The van der Waals surface area contributed by atoms with Gasteiger partial charge in [0.2, 0.25) is 5.91 Å². The van der Waals surface area contributed by atoms with Gasteiger partial charge in [0.1, 0.15) is 5.76 Å².